The molecular weight excluding hydrogens is 1140 g/mol. The number of hydrogen-bond acceptors (Lipinski definition) is 12. The second kappa shape index (κ2) is 9.06. The highest BCUT2D eigenvalue weighted by molar-refractivity contribution is 6.74. The van der Waals surface area contributed by atoms with Crippen LogP contribution < -0.4 is 0 Å². The Morgan fingerprint density at radius 1 is 0.198 bits per heavy atom. The van der Waals surface area contributed by atoms with Crippen molar-refractivity contribution in [2.24, 2.45) is 16.2 Å². The van der Waals surface area contributed by atoms with Crippen molar-refractivity contribution in [3.63, 3.8) is 0 Å². The van der Waals surface area contributed by atoms with E-state index in [0.717, 1.165) is 250 Å². The molecule has 12 nitrogen and oxygen atoms in total. The molecule has 0 heterocycles. The van der Waals surface area contributed by atoms with E-state index in [1.165, 1.54) is 57.3 Å². The molecule has 0 amide bonds. The zero-order valence-electron chi connectivity index (χ0n) is 48.2. The largest absolute Gasteiger partial charge is 0.468 e. The minimum absolute atomic E-state index is 0.0271. The number of methoxy groups -OCH3 is 2. The summed E-state index contributed by atoms with van der Waals surface area (Å²) in [4.78, 5) is 103. The third-order valence-corrected chi connectivity index (χ3v) is 31.4. The molecule has 91 heavy (non-hydrogen) atoms. The average molecular weight is 1170 g/mol. The van der Waals surface area contributed by atoms with Crippen molar-refractivity contribution in [1.82, 2.24) is 0 Å². The Morgan fingerprint density at radius 3 is 0.440 bits per heavy atom. The van der Waals surface area contributed by atoms with Gasteiger partial charge in [0.1, 0.15) is 0 Å². The van der Waals surface area contributed by atoms with E-state index >= 15 is 28.8 Å². The second-order valence-electron chi connectivity index (χ2n) is 30.9. The van der Waals surface area contributed by atoms with Crippen molar-refractivity contribution < 1.29 is 57.2 Å². The third-order valence-electron chi connectivity index (χ3n) is 31.4. The topological polar surface area (TPSA) is 158 Å². The zero-order chi connectivity index (χ0) is 58.2. The van der Waals surface area contributed by atoms with Gasteiger partial charge in [-0.05, 0) is 321 Å². The lowest BCUT2D eigenvalue weighted by Crippen LogP contribution is -2.38. The predicted molar refractivity (Wildman–Crippen MR) is 338 cm³/mol. The highest BCUT2D eigenvalue weighted by Crippen LogP contribution is 3.04. The van der Waals surface area contributed by atoms with E-state index in [4.69, 9.17) is 28.4 Å². The number of carbonyl (C=O) groups excluding carboxylic acids is 6. The van der Waals surface area contributed by atoms with Gasteiger partial charge in [0, 0.05) is 0 Å². The van der Waals surface area contributed by atoms with E-state index in [1.54, 1.807) is 0 Å². The first kappa shape index (κ1) is 39.7. The van der Waals surface area contributed by atoms with Gasteiger partial charge in [0.25, 0.3) is 0 Å². The summed E-state index contributed by atoms with van der Waals surface area (Å²) in [6.07, 6.45) is 0. The van der Waals surface area contributed by atoms with Gasteiger partial charge in [-0.3, -0.25) is 28.8 Å². The molecule has 414 valence electrons. The van der Waals surface area contributed by atoms with Crippen molar-refractivity contribution in [2.45, 2.75) is 60.2 Å². The minimum Gasteiger partial charge on any atom is -0.468 e. The van der Waals surface area contributed by atoms with Crippen LogP contribution in [0, 0.1) is 16.2 Å². The van der Waals surface area contributed by atoms with Crippen LogP contribution in [0.3, 0.4) is 0 Å². The molecule has 0 bridgehead atoms. The lowest BCUT2D eigenvalue weighted by atomic mass is 9.66. The molecule has 15 aliphatic carbocycles. The first-order valence-electron chi connectivity index (χ1n) is 32.7. The van der Waals surface area contributed by atoms with E-state index in [-0.39, 0.29) is 26.4 Å². The minimum atomic E-state index is -2.00. The van der Waals surface area contributed by atoms with Crippen molar-refractivity contribution in [3.8, 4) is 0 Å². The van der Waals surface area contributed by atoms with Crippen molar-refractivity contribution in [3.05, 3.63) is 66.8 Å². The Balaban J connectivity index is 1.05. The van der Waals surface area contributed by atoms with Crippen LogP contribution in [0.4, 0.5) is 0 Å². The van der Waals surface area contributed by atoms with Gasteiger partial charge in [0.05, 0.1) is 73.1 Å². The summed E-state index contributed by atoms with van der Waals surface area (Å²) < 4.78 is 39.7. The highest BCUT2D eigenvalue weighted by Gasteiger charge is 3.06. The van der Waals surface area contributed by atoms with Gasteiger partial charge in [0.15, 0.2) is 16.2 Å². The van der Waals surface area contributed by atoms with E-state index in [1.807, 2.05) is 27.7 Å². The fraction of sp³-hybridized carbons (Fsp3) is 0.241. The normalized spacial score (nSPS) is 29.1. The van der Waals surface area contributed by atoms with Gasteiger partial charge < -0.3 is 28.4 Å². The monoisotopic (exact) mass is 1170 g/mol. The molecule has 0 aliphatic heterocycles. The zero-order valence-corrected chi connectivity index (χ0v) is 48.2. The van der Waals surface area contributed by atoms with Crippen LogP contribution in [0.2, 0.25) is 0 Å². The van der Waals surface area contributed by atoms with Gasteiger partial charge in [-0.15, -0.1) is 0 Å². The molecule has 0 aromatic heterocycles. The van der Waals surface area contributed by atoms with Crippen molar-refractivity contribution in [2.75, 3.05) is 40.6 Å². The van der Waals surface area contributed by atoms with Gasteiger partial charge in [0.2, 0.25) is 0 Å². The van der Waals surface area contributed by atoms with E-state index in [9.17, 15) is 0 Å². The summed E-state index contributed by atoms with van der Waals surface area (Å²) in [5, 5.41) is 45.9. The molecule has 12 heteroatoms. The Labute approximate surface area is 500 Å². The van der Waals surface area contributed by atoms with E-state index in [2.05, 4.69) is 0 Å². The average Bonchev–Trinajstić information content (AvgIpc) is 1.34. The SMILES string of the molecule is CCOC(=O)C1(C(=O)OCC)C23c4c5c6c7c8c9c%10c6c6c%11c%12c%13c%14c%15c%16c(c9c9c%17c8c(c8c%18c2c2c%19c%20c%21c(c%22c%13c%13c%23c%24c%25c(c%19c%18c%18c8c%17c8c9c%16c(c%13%15)c%24c8c%25%18)C%208C(C(=O)OCC)(C(=O)OCC)C%22%238)c%12c(c65)c%21c42)C713)C%101C(C(=O)OC)(C(=O)OC)C%11%141. The number of rotatable bonds is 10. The molecule has 20 aromatic rings. The molecule has 20 aromatic carbocycles. The van der Waals surface area contributed by atoms with Crippen molar-refractivity contribution in [1.29, 1.82) is 0 Å². The Kier molecular flexibility index (Phi) is 3.96. The van der Waals surface area contributed by atoms with Gasteiger partial charge in [-0.2, -0.15) is 0 Å². The lowest BCUT2D eigenvalue weighted by Gasteiger charge is -2.33. The maximum Gasteiger partial charge on any atom is 0.326 e. The molecule has 6 atom stereocenters. The van der Waals surface area contributed by atoms with Crippen LogP contribution in [-0.2, 0) is 89.7 Å². The summed E-state index contributed by atoms with van der Waals surface area (Å²) in [6, 6.07) is 0. The summed E-state index contributed by atoms with van der Waals surface area (Å²) in [6.45, 7) is 7.46. The number of hydrogen-bond donors (Lipinski definition) is 0. The summed E-state index contributed by atoms with van der Waals surface area (Å²) >= 11 is 0. The molecule has 35 rings (SSSR count). The summed E-state index contributed by atoms with van der Waals surface area (Å²) in [5.74, 6) is -3.63. The Morgan fingerprint density at radius 2 is 0.308 bits per heavy atom. The molecule has 0 N–H and O–H groups in total. The molecular formula is C79H26O12. The van der Waals surface area contributed by atoms with Crippen LogP contribution in [0.25, 0.3) is 226 Å². The van der Waals surface area contributed by atoms with Crippen LogP contribution in [0.15, 0.2) is 0 Å². The summed E-state index contributed by atoms with van der Waals surface area (Å²) in [7, 11) is 2.87. The first-order valence-corrected chi connectivity index (χ1v) is 32.7. The molecule has 6 spiro atoms. The Bertz CT molecular complexity index is 8060. The van der Waals surface area contributed by atoms with Crippen LogP contribution in [-0.4, -0.2) is 76.5 Å². The number of carbonyl (C=O) groups is 6. The molecule has 0 saturated heterocycles. The molecule has 3 fully saturated rings. The van der Waals surface area contributed by atoms with Crippen molar-refractivity contribution >= 4 is 262 Å². The van der Waals surface area contributed by atoms with Crippen LogP contribution >= 0.6 is 0 Å². The van der Waals surface area contributed by atoms with Gasteiger partial charge in [-0.25, -0.2) is 0 Å². The third kappa shape index (κ3) is 2.02. The fourth-order valence-corrected chi connectivity index (χ4v) is 32.0. The number of benzene rings is 14. The Hall–Kier alpha value is -10.2. The molecule has 0 radical (unpaired) electrons. The summed E-state index contributed by atoms with van der Waals surface area (Å²) in [5.41, 5.74) is -2.56. The smallest absolute Gasteiger partial charge is 0.326 e. The standard InChI is InChI=1S/C79H26O12/c1-7-88-67(82)78(68(83)89-8-2)73-55-29-18-12-11-13-20-15(18)24-35-31(20)53-33-22(13)23-14(11)21-16-19(12)30(29)56-40-25(16)36-32(21)54-34(23)46-45(33)63-51-43-28-17-26-37(61(73)48(39(24)55)47-41(26)57(43)71(59(35)47)72(53,63)77(71,65(80)86-5)66(81)87-6)38-27(17)42-50(49(40)62(38)74(56,73)78)60(36)75-58(42)44(28)52(51)64(46)76(54,75)79(75,69(84)90-9-3)70(85)91-10-4/h7-10H2,1-6H3. The van der Waals surface area contributed by atoms with Gasteiger partial charge in [-0.1, -0.05) is 0 Å². The maximum atomic E-state index is 17.2. The quantitative estimate of drug-likeness (QED) is 0.0553. The van der Waals surface area contributed by atoms with E-state index in [0.29, 0.717) is 0 Å². The van der Waals surface area contributed by atoms with Crippen LogP contribution in [0.5, 0.6) is 0 Å². The molecule has 6 unspecified atom stereocenters. The highest BCUT2D eigenvalue weighted by atomic mass is 16.6. The molecule has 15 aliphatic rings. The van der Waals surface area contributed by atoms with Crippen LogP contribution in [0.1, 0.15) is 94.5 Å². The maximum absolute atomic E-state index is 17.2. The predicted octanol–water partition coefficient (Wildman–Crippen LogP) is 13.0. The van der Waals surface area contributed by atoms with E-state index < -0.39 is 84.6 Å². The van der Waals surface area contributed by atoms with Gasteiger partial charge >= 0.3 is 35.8 Å². The number of ether oxygens (including phenoxy) is 6. The first-order chi connectivity index (χ1) is 44.6. The lowest BCUT2D eigenvalue weighted by molar-refractivity contribution is -0.167. The second-order valence-corrected chi connectivity index (χ2v) is 30.9. The molecule has 3 saturated carbocycles. The number of esters is 6. The fourth-order valence-electron chi connectivity index (χ4n) is 32.0.